The Morgan fingerprint density at radius 1 is 1.12 bits per heavy atom. The maximum Gasteiger partial charge on any atom is 0.436 e. The van der Waals surface area contributed by atoms with Crippen molar-refractivity contribution in [2.75, 3.05) is 0 Å². The summed E-state index contributed by atoms with van der Waals surface area (Å²) in [6.45, 7) is 0. The van der Waals surface area contributed by atoms with Crippen LogP contribution in [0.4, 0.5) is 22.0 Å². The minimum absolute atomic E-state index is 0.919. The smallest absolute Gasteiger partial charge is 0.226 e. The molecule has 1 heterocycles. The van der Waals surface area contributed by atoms with Gasteiger partial charge in [0.25, 0.3) is 0 Å². The third-order valence-electron chi connectivity index (χ3n) is 1.80. The average molecular weight is 247 g/mol. The molecule has 17 heavy (non-hydrogen) atoms. The zero-order valence-corrected chi connectivity index (χ0v) is 7.94. The van der Waals surface area contributed by atoms with Crippen molar-refractivity contribution in [2.24, 2.45) is 0 Å². The Morgan fingerprint density at radius 2 is 1.71 bits per heavy atom. The molecular formula is C9H2F5N3. The topological polar surface area (TPSA) is 60.5 Å². The fourth-order valence-corrected chi connectivity index (χ4v) is 1.09. The molecule has 0 aromatic carbocycles. The summed E-state index contributed by atoms with van der Waals surface area (Å²) in [5, 5.41) is 16.6. The van der Waals surface area contributed by atoms with E-state index in [9.17, 15) is 22.0 Å². The van der Waals surface area contributed by atoms with Crippen molar-refractivity contribution in [3.63, 3.8) is 0 Å². The summed E-state index contributed by atoms with van der Waals surface area (Å²) in [6, 6.07) is 2.38. The van der Waals surface area contributed by atoms with E-state index in [0.29, 0.717) is 0 Å². The van der Waals surface area contributed by atoms with Crippen molar-refractivity contribution in [3.8, 4) is 12.1 Å². The molecule has 0 amide bonds. The van der Waals surface area contributed by atoms with Gasteiger partial charge < -0.3 is 0 Å². The predicted molar refractivity (Wildman–Crippen MR) is 43.2 cm³/mol. The highest BCUT2D eigenvalue weighted by Crippen LogP contribution is 2.32. The van der Waals surface area contributed by atoms with Crippen LogP contribution in [-0.4, -0.2) is 4.98 Å². The molecule has 0 saturated carbocycles. The third-order valence-corrected chi connectivity index (χ3v) is 1.80. The van der Waals surface area contributed by atoms with Crippen molar-refractivity contribution in [2.45, 2.75) is 12.6 Å². The first-order valence-corrected chi connectivity index (χ1v) is 4.05. The summed E-state index contributed by atoms with van der Waals surface area (Å²) < 4.78 is 63.4. The van der Waals surface area contributed by atoms with E-state index in [2.05, 4.69) is 4.98 Å². The lowest BCUT2D eigenvalue weighted by Crippen LogP contribution is -2.16. The van der Waals surface area contributed by atoms with Gasteiger partial charge in [-0.3, -0.25) is 0 Å². The number of nitrogens with zero attached hydrogens (tertiary/aromatic N) is 3. The molecule has 0 aliphatic heterocycles. The van der Waals surface area contributed by atoms with Crippen LogP contribution < -0.4 is 0 Å². The van der Waals surface area contributed by atoms with Crippen molar-refractivity contribution in [1.82, 2.24) is 4.98 Å². The van der Waals surface area contributed by atoms with E-state index in [-0.39, 0.29) is 0 Å². The number of pyridine rings is 1. The third kappa shape index (κ3) is 2.31. The lowest BCUT2D eigenvalue weighted by Gasteiger charge is -2.10. The monoisotopic (exact) mass is 247 g/mol. The second kappa shape index (κ2) is 4.34. The van der Waals surface area contributed by atoms with Gasteiger partial charge in [-0.1, -0.05) is 0 Å². The van der Waals surface area contributed by atoms with Crippen LogP contribution >= 0.6 is 0 Å². The molecule has 0 fully saturated rings. The Morgan fingerprint density at radius 3 is 2.12 bits per heavy atom. The Bertz CT molecular complexity index is 536. The first-order chi connectivity index (χ1) is 7.82. The van der Waals surface area contributed by atoms with E-state index in [4.69, 9.17) is 10.5 Å². The molecule has 0 aliphatic carbocycles. The first kappa shape index (κ1) is 12.8. The summed E-state index contributed by atoms with van der Waals surface area (Å²) in [7, 11) is 0. The molecule has 1 aromatic rings. The second-order valence-corrected chi connectivity index (χ2v) is 2.86. The zero-order chi connectivity index (χ0) is 13.2. The van der Waals surface area contributed by atoms with Gasteiger partial charge in [-0.05, 0) is 0 Å². The second-order valence-electron chi connectivity index (χ2n) is 2.86. The predicted octanol–water partition coefficient (Wildman–Crippen LogP) is 2.32. The fraction of sp³-hybridized carbons (Fsp3) is 0.222. The quantitative estimate of drug-likeness (QED) is 0.715. The summed E-state index contributed by atoms with van der Waals surface area (Å²) in [4.78, 5) is 2.56. The standard InChI is InChI=1S/C9H2F5N3/c10-6-4(1-2-15)7(11)8(9(12,13)14)17-5(6)3-16/h1H2. The molecular weight excluding hydrogens is 245 g/mol. The highest BCUT2D eigenvalue weighted by Gasteiger charge is 2.39. The number of rotatable bonds is 1. The van der Waals surface area contributed by atoms with E-state index >= 15 is 0 Å². The van der Waals surface area contributed by atoms with Gasteiger partial charge in [0.15, 0.2) is 23.0 Å². The zero-order valence-electron chi connectivity index (χ0n) is 7.94. The van der Waals surface area contributed by atoms with Gasteiger partial charge in [0, 0.05) is 5.56 Å². The van der Waals surface area contributed by atoms with Crippen LogP contribution in [0.15, 0.2) is 0 Å². The number of hydrogen-bond donors (Lipinski definition) is 0. The molecule has 3 nitrogen and oxygen atoms in total. The van der Waals surface area contributed by atoms with Crippen LogP contribution in [0.25, 0.3) is 0 Å². The van der Waals surface area contributed by atoms with Gasteiger partial charge >= 0.3 is 6.18 Å². The van der Waals surface area contributed by atoms with Crippen LogP contribution in [0.5, 0.6) is 0 Å². The molecule has 0 N–H and O–H groups in total. The summed E-state index contributed by atoms with van der Waals surface area (Å²) in [6.07, 6.45) is -6.08. The van der Waals surface area contributed by atoms with E-state index in [1.54, 1.807) is 0 Å². The van der Waals surface area contributed by atoms with Crippen molar-refractivity contribution in [1.29, 1.82) is 10.5 Å². The number of alkyl halides is 3. The van der Waals surface area contributed by atoms with Gasteiger partial charge in [0.2, 0.25) is 0 Å². The largest absolute Gasteiger partial charge is 0.436 e. The van der Waals surface area contributed by atoms with Crippen molar-refractivity contribution < 1.29 is 22.0 Å². The summed E-state index contributed by atoms with van der Waals surface area (Å²) in [5.74, 6) is -3.50. The first-order valence-electron chi connectivity index (χ1n) is 4.05. The Labute approximate surface area is 91.7 Å². The molecule has 0 bridgehead atoms. The van der Waals surface area contributed by atoms with Crippen LogP contribution in [0.2, 0.25) is 0 Å². The van der Waals surface area contributed by atoms with Crippen molar-refractivity contribution in [3.05, 3.63) is 28.6 Å². The fourth-order valence-electron chi connectivity index (χ4n) is 1.09. The lowest BCUT2D eigenvalue weighted by atomic mass is 10.1. The number of aromatic nitrogens is 1. The van der Waals surface area contributed by atoms with E-state index < -0.39 is 41.2 Å². The number of nitriles is 2. The maximum absolute atomic E-state index is 13.2. The molecule has 0 radical (unpaired) electrons. The Kier molecular flexibility index (Phi) is 3.28. The highest BCUT2D eigenvalue weighted by molar-refractivity contribution is 5.35. The number of halogens is 5. The van der Waals surface area contributed by atoms with Gasteiger partial charge in [-0.25, -0.2) is 13.8 Å². The van der Waals surface area contributed by atoms with E-state index in [0.717, 1.165) is 6.07 Å². The van der Waals surface area contributed by atoms with Crippen LogP contribution in [-0.2, 0) is 12.6 Å². The maximum atomic E-state index is 13.2. The molecule has 88 valence electrons. The number of hydrogen-bond acceptors (Lipinski definition) is 3. The summed E-state index contributed by atoms with van der Waals surface area (Å²) >= 11 is 0. The minimum Gasteiger partial charge on any atom is -0.226 e. The molecule has 1 rings (SSSR count). The van der Waals surface area contributed by atoms with Gasteiger partial charge in [-0.2, -0.15) is 23.7 Å². The van der Waals surface area contributed by atoms with Crippen LogP contribution in [0.3, 0.4) is 0 Å². The van der Waals surface area contributed by atoms with E-state index in [1.807, 2.05) is 0 Å². The van der Waals surface area contributed by atoms with E-state index in [1.165, 1.54) is 6.07 Å². The molecule has 1 aromatic heterocycles. The van der Waals surface area contributed by atoms with Gasteiger partial charge in [0.1, 0.15) is 6.07 Å². The molecule has 0 spiro atoms. The summed E-state index contributed by atoms with van der Waals surface area (Å²) in [5.41, 5.74) is -4.30. The average Bonchev–Trinajstić information content (AvgIpc) is 2.22. The molecule has 0 unspecified atom stereocenters. The molecule has 0 aliphatic rings. The Balaban J connectivity index is 3.63. The van der Waals surface area contributed by atoms with Gasteiger partial charge in [-0.15, -0.1) is 0 Å². The lowest BCUT2D eigenvalue weighted by molar-refractivity contribution is -0.143. The molecule has 0 saturated heterocycles. The normalized spacial score (nSPS) is 10.8. The highest BCUT2D eigenvalue weighted by atomic mass is 19.4. The Hall–Kier alpha value is -2.22. The van der Waals surface area contributed by atoms with Crippen LogP contribution in [0, 0.1) is 34.3 Å². The van der Waals surface area contributed by atoms with Crippen molar-refractivity contribution >= 4 is 0 Å². The molecule has 0 atom stereocenters. The minimum atomic E-state index is -5.16. The van der Waals surface area contributed by atoms with Gasteiger partial charge in [0.05, 0.1) is 12.5 Å². The SMILES string of the molecule is N#CCc1c(F)c(C#N)nc(C(F)(F)F)c1F. The van der Waals surface area contributed by atoms with Crippen LogP contribution in [0.1, 0.15) is 17.0 Å². The molecule has 8 heteroatoms.